The summed E-state index contributed by atoms with van der Waals surface area (Å²) in [4.78, 5) is 11.5. The summed E-state index contributed by atoms with van der Waals surface area (Å²) < 4.78 is 22.7. The van der Waals surface area contributed by atoms with Crippen LogP contribution in [-0.4, -0.2) is 73.1 Å². The molecule has 94 valence electrons. The van der Waals surface area contributed by atoms with Crippen LogP contribution in [0.4, 0.5) is 0 Å². The molecule has 0 spiro atoms. The fraction of sp³-hybridized carbons (Fsp3) is 0.875. The van der Waals surface area contributed by atoms with E-state index in [1.807, 2.05) is 0 Å². The molecule has 0 aliphatic carbocycles. The molecule has 16 heavy (non-hydrogen) atoms. The zero-order valence-corrected chi connectivity index (χ0v) is 10.7. The molecular weight excluding hydrogens is 256 g/mol. The Balaban J connectivity index is 2.93. The van der Waals surface area contributed by atoms with Crippen molar-refractivity contribution in [3.05, 3.63) is 0 Å². The molecular formula is C8H15ClN2O4S. The first kappa shape index (κ1) is 13.7. The Hall–Kier alpha value is -0.370. The van der Waals surface area contributed by atoms with Crippen molar-refractivity contribution in [3.63, 3.8) is 0 Å². The third-order valence-electron chi connectivity index (χ3n) is 2.41. The molecule has 1 aliphatic heterocycles. The SMILES string of the molecule is CN(C)N(C(=O)CCl)[C@@H]1CS(=O)(=O)C[C@@H]1O. The second kappa shape index (κ2) is 4.87. The lowest BCUT2D eigenvalue weighted by molar-refractivity contribution is -0.150. The quantitative estimate of drug-likeness (QED) is 0.509. The topological polar surface area (TPSA) is 77.9 Å². The van der Waals surface area contributed by atoms with E-state index in [0.717, 1.165) is 0 Å². The lowest BCUT2D eigenvalue weighted by atomic mass is 10.2. The van der Waals surface area contributed by atoms with Gasteiger partial charge in [-0.15, -0.1) is 11.6 Å². The van der Waals surface area contributed by atoms with Gasteiger partial charge in [0.05, 0.1) is 23.7 Å². The monoisotopic (exact) mass is 270 g/mol. The van der Waals surface area contributed by atoms with E-state index in [9.17, 15) is 18.3 Å². The van der Waals surface area contributed by atoms with Gasteiger partial charge in [0.25, 0.3) is 5.91 Å². The maximum atomic E-state index is 11.5. The predicted molar refractivity (Wildman–Crippen MR) is 59.7 cm³/mol. The largest absolute Gasteiger partial charge is 0.390 e. The Kier molecular flexibility index (Phi) is 4.17. The zero-order chi connectivity index (χ0) is 12.5. The van der Waals surface area contributed by atoms with Gasteiger partial charge in [0, 0.05) is 14.1 Å². The molecule has 1 saturated heterocycles. The number of halogens is 1. The van der Waals surface area contributed by atoms with E-state index in [0.29, 0.717) is 0 Å². The summed E-state index contributed by atoms with van der Waals surface area (Å²) in [5.74, 6) is -1.21. The third kappa shape index (κ3) is 2.85. The molecule has 0 aromatic carbocycles. The minimum Gasteiger partial charge on any atom is -0.390 e. The van der Waals surface area contributed by atoms with Gasteiger partial charge in [0.1, 0.15) is 5.88 Å². The molecule has 0 unspecified atom stereocenters. The highest BCUT2D eigenvalue weighted by atomic mass is 35.5. The Labute approximate surface area is 99.7 Å². The number of alkyl halides is 1. The van der Waals surface area contributed by atoms with Gasteiger partial charge in [-0.2, -0.15) is 0 Å². The minimum atomic E-state index is -3.28. The van der Waals surface area contributed by atoms with Crippen molar-refractivity contribution in [2.45, 2.75) is 12.1 Å². The van der Waals surface area contributed by atoms with E-state index in [1.54, 1.807) is 14.1 Å². The average molecular weight is 271 g/mol. The molecule has 8 heteroatoms. The Morgan fingerprint density at radius 1 is 1.44 bits per heavy atom. The van der Waals surface area contributed by atoms with Gasteiger partial charge in [0.2, 0.25) is 0 Å². The van der Waals surface area contributed by atoms with Crippen molar-refractivity contribution in [2.75, 3.05) is 31.5 Å². The first-order valence-electron chi connectivity index (χ1n) is 4.72. The van der Waals surface area contributed by atoms with Crippen molar-refractivity contribution in [3.8, 4) is 0 Å². The van der Waals surface area contributed by atoms with Crippen LogP contribution in [0.15, 0.2) is 0 Å². The minimum absolute atomic E-state index is 0.227. The van der Waals surface area contributed by atoms with E-state index < -0.39 is 27.9 Å². The molecule has 1 fully saturated rings. The number of rotatable bonds is 3. The average Bonchev–Trinajstić information content (AvgIpc) is 2.39. The van der Waals surface area contributed by atoms with E-state index >= 15 is 0 Å². The first-order valence-corrected chi connectivity index (χ1v) is 7.08. The molecule has 0 radical (unpaired) electrons. The highest BCUT2D eigenvalue weighted by Crippen LogP contribution is 2.19. The van der Waals surface area contributed by atoms with Crippen LogP contribution in [0.3, 0.4) is 0 Å². The molecule has 0 bridgehead atoms. The number of sulfone groups is 1. The van der Waals surface area contributed by atoms with Crippen molar-refractivity contribution >= 4 is 27.3 Å². The van der Waals surface area contributed by atoms with E-state index in [2.05, 4.69) is 0 Å². The van der Waals surface area contributed by atoms with Crippen molar-refractivity contribution in [1.29, 1.82) is 0 Å². The van der Waals surface area contributed by atoms with Crippen molar-refractivity contribution in [2.24, 2.45) is 0 Å². The fourth-order valence-electron chi connectivity index (χ4n) is 1.81. The van der Waals surface area contributed by atoms with Crippen molar-refractivity contribution in [1.82, 2.24) is 10.0 Å². The van der Waals surface area contributed by atoms with Gasteiger partial charge in [0.15, 0.2) is 9.84 Å². The van der Waals surface area contributed by atoms with Gasteiger partial charge in [-0.05, 0) is 0 Å². The number of carbonyl (C=O) groups excluding carboxylic acids is 1. The number of hydrogen-bond acceptors (Lipinski definition) is 5. The van der Waals surface area contributed by atoms with Crippen LogP contribution >= 0.6 is 11.6 Å². The Bertz CT molecular complexity index is 370. The molecule has 1 rings (SSSR count). The fourth-order valence-corrected chi connectivity index (χ4v) is 3.69. The van der Waals surface area contributed by atoms with Crippen LogP contribution in [-0.2, 0) is 14.6 Å². The smallest absolute Gasteiger partial charge is 0.252 e. The van der Waals surface area contributed by atoms with Gasteiger partial charge >= 0.3 is 0 Å². The van der Waals surface area contributed by atoms with E-state index in [4.69, 9.17) is 11.6 Å². The Morgan fingerprint density at radius 2 is 2.00 bits per heavy atom. The lowest BCUT2D eigenvalue weighted by Crippen LogP contribution is -2.53. The summed E-state index contributed by atoms with van der Waals surface area (Å²) in [6.07, 6.45) is -1.06. The standard InChI is InChI=1S/C8H15ClN2O4S/c1-10(2)11(8(13)3-9)6-4-16(14,15)5-7(6)12/h6-7,12H,3-5H2,1-2H3/t6-,7+/m1/s1. The summed E-state index contributed by atoms with van der Waals surface area (Å²) in [5, 5.41) is 12.3. The summed E-state index contributed by atoms with van der Waals surface area (Å²) in [6, 6.07) is -0.744. The molecule has 0 aromatic rings. The van der Waals surface area contributed by atoms with E-state index in [-0.39, 0.29) is 17.4 Å². The number of nitrogens with zero attached hydrogens (tertiary/aromatic N) is 2. The number of hydrogen-bond donors (Lipinski definition) is 1. The molecule has 0 aromatic heterocycles. The van der Waals surface area contributed by atoms with Crippen molar-refractivity contribution < 1.29 is 18.3 Å². The van der Waals surface area contributed by atoms with Gasteiger partial charge in [-0.25, -0.2) is 13.4 Å². The maximum Gasteiger partial charge on any atom is 0.252 e. The highest BCUT2D eigenvalue weighted by Gasteiger charge is 2.42. The molecule has 1 amide bonds. The predicted octanol–water partition coefficient (Wildman–Crippen LogP) is -1.31. The van der Waals surface area contributed by atoms with Crippen LogP contribution in [0.2, 0.25) is 0 Å². The number of aliphatic hydroxyl groups is 1. The molecule has 6 nitrogen and oxygen atoms in total. The summed E-state index contributed by atoms with van der Waals surface area (Å²) >= 11 is 5.44. The maximum absolute atomic E-state index is 11.5. The number of carbonyl (C=O) groups is 1. The van der Waals surface area contributed by atoms with Gasteiger partial charge in [-0.3, -0.25) is 9.80 Å². The Morgan fingerprint density at radius 3 is 2.31 bits per heavy atom. The molecule has 0 saturated carbocycles. The summed E-state index contributed by atoms with van der Waals surface area (Å²) in [5.41, 5.74) is 0. The van der Waals surface area contributed by atoms with Crippen LogP contribution in [0.5, 0.6) is 0 Å². The van der Waals surface area contributed by atoms with Crippen LogP contribution < -0.4 is 0 Å². The van der Waals surface area contributed by atoms with E-state index in [1.165, 1.54) is 10.0 Å². The van der Waals surface area contributed by atoms with Gasteiger partial charge < -0.3 is 5.11 Å². The van der Waals surface area contributed by atoms with Crippen LogP contribution in [0.25, 0.3) is 0 Å². The number of amides is 1. The molecule has 1 heterocycles. The molecule has 1 aliphatic rings. The summed E-state index contributed by atoms with van der Waals surface area (Å²) in [7, 11) is -0.0799. The number of aliphatic hydroxyl groups excluding tert-OH is 1. The normalized spacial score (nSPS) is 28.3. The van der Waals surface area contributed by atoms with Crippen LogP contribution in [0, 0.1) is 0 Å². The van der Waals surface area contributed by atoms with Gasteiger partial charge in [-0.1, -0.05) is 0 Å². The van der Waals surface area contributed by atoms with Crippen LogP contribution in [0.1, 0.15) is 0 Å². The second-order valence-electron chi connectivity index (χ2n) is 3.93. The zero-order valence-electron chi connectivity index (χ0n) is 9.13. The molecule has 1 N–H and O–H groups in total. The lowest BCUT2D eigenvalue weighted by Gasteiger charge is -2.34. The number of hydrazine groups is 1. The third-order valence-corrected chi connectivity index (χ3v) is 4.34. The highest BCUT2D eigenvalue weighted by molar-refractivity contribution is 7.91. The second-order valence-corrected chi connectivity index (χ2v) is 6.35. The molecule has 2 atom stereocenters. The summed E-state index contributed by atoms with van der Waals surface area (Å²) in [6.45, 7) is 0. The first-order chi connectivity index (χ1) is 7.28.